The van der Waals surface area contributed by atoms with Crippen LogP contribution in [0.1, 0.15) is 6.92 Å². The van der Waals surface area contributed by atoms with E-state index in [1.807, 2.05) is 0 Å². The minimum absolute atomic E-state index is 0.278. The quantitative estimate of drug-likeness (QED) is 0.568. The molecule has 0 spiro atoms. The Balaban J connectivity index is 3.32. The number of hydrogen-bond donors (Lipinski definition) is 1. The molecule has 2 unspecified atom stereocenters. The first-order valence-electron chi connectivity index (χ1n) is 2.27. The zero-order valence-corrected chi connectivity index (χ0v) is 5.77. The van der Waals surface area contributed by atoms with E-state index in [2.05, 4.69) is 4.74 Å². The van der Waals surface area contributed by atoms with Crippen LogP contribution in [0.25, 0.3) is 0 Å². The van der Waals surface area contributed by atoms with Gasteiger partial charge in [-0.2, -0.15) is 0 Å². The monoisotopic (exact) mass is 138 g/mol. The van der Waals surface area contributed by atoms with Crippen LogP contribution in [0.15, 0.2) is 0 Å². The molecule has 8 heavy (non-hydrogen) atoms. The van der Waals surface area contributed by atoms with Gasteiger partial charge in [-0.25, -0.2) is 4.21 Å². The van der Waals surface area contributed by atoms with E-state index in [0.717, 1.165) is 0 Å². The molecule has 0 aromatic carbocycles. The smallest absolute Gasteiger partial charge is 0.158 e. The maximum atomic E-state index is 10.1. The minimum atomic E-state index is -1.74. The molecule has 0 rings (SSSR count). The summed E-state index contributed by atoms with van der Waals surface area (Å²) in [5, 5.41) is -0.278. The van der Waals surface area contributed by atoms with Gasteiger partial charge in [0.25, 0.3) is 0 Å². The molecule has 0 aromatic rings. The molecule has 0 saturated carbocycles. The summed E-state index contributed by atoms with van der Waals surface area (Å²) in [6, 6.07) is 0. The summed E-state index contributed by atoms with van der Waals surface area (Å²) < 4.78 is 23.1. The first-order chi connectivity index (χ1) is 3.68. The van der Waals surface area contributed by atoms with Crippen LogP contribution >= 0.6 is 0 Å². The average Bonchev–Trinajstić information content (AvgIpc) is 1.67. The minimum Gasteiger partial charge on any atom is -0.383 e. The van der Waals surface area contributed by atoms with Crippen molar-refractivity contribution in [3.63, 3.8) is 0 Å². The van der Waals surface area contributed by atoms with Crippen molar-refractivity contribution in [1.82, 2.24) is 0 Å². The van der Waals surface area contributed by atoms with Gasteiger partial charge in [0.15, 0.2) is 11.1 Å². The number of hydrogen-bond acceptors (Lipinski definition) is 2. The molecule has 0 radical (unpaired) electrons. The maximum Gasteiger partial charge on any atom is 0.158 e. The maximum absolute atomic E-state index is 10.1. The van der Waals surface area contributed by atoms with Crippen LogP contribution in [0.2, 0.25) is 0 Å². The van der Waals surface area contributed by atoms with Crippen molar-refractivity contribution in [3.05, 3.63) is 0 Å². The van der Waals surface area contributed by atoms with Crippen molar-refractivity contribution >= 4 is 11.1 Å². The lowest BCUT2D eigenvalue weighted by atomic mass is 10.5. The van der Waals surface area contributed by atoms with Crippen LogP contribution in [-0.4, -0.2) is 27.7 Å². The van der Waals surface area contributed by atoms with Gasteiger partial charge in [-0.1, -0.05) is 0 Å². The number of methoxy groups -OCH3 is 1. The zero-order valence-electron chi connectivity index (χ0n) is 4.96. The lowest BCUT2D eigenvalue weighted by molar-refractivity contribution is 0.200. The molecule has 4 heteroatoms. The van der Waals surface area contributed by atoms with E-state index in [0.29, 0.717) is 6.61 Å². The molecule has 50 valence electrons. The fraction of sp³-hybridized carbons (Fsp3) is 1.00. The van der Waals surface area contributed by atoms with Gasteiger partial charge in [-0.15, -0.1) is 0 Å². The first kappa shape index (κ1) is 8.07. The van der Waals surface area contributed by atoms with Crippen molar-refractivity contribution in [2.45, 2.75) is 12.2 Å². The summed E-state index contributed by atoms with van der Waals surface area (Å²) >= 11 is -1.74. The van der Waals surface area contributed by atoms with Crippen molar-refractivity contribution in [1.29, 1.82) is 0 Å². The molecule has 0 aliphatic heterocycles. The van der Waals surface area contributed by atoms with E-state index in [1.54, 1.807) is 6.92 Å². The van der Waals surface area contributed by atoms with Crippen LogP contribution in [0.3, 0.4) is 0 Å². The second-order valence-electron chi connectivity index (χ2n) is 1.54. The normalized spacial score (nSPS) is 17.9. The van der Waals surface area contributed by atoms with E-state index in [1.165, 1.54) is 7.11 Å². The van der Waals surface area contributed by atoms with Crippen molar-refractivity contribution in [2.75, 3.05) is 13.7 Å². The molecule has 0 aliphatic carbocycles. The van der Waals surface area contributed by atoms with Gasteiger partial charge < -0.3 is 9.29 Å². The van der Waals surface area contributed by atoms with E-state index in [-0.39, 0.29) is 5.25 Å². The van der Waals surface area contributed by atoms with Crippen molar-refractivity contribution < 1.29 is 13.5 Å². The fourth-order valence-corrected chi connectivity index (χ4v) is 0.545. The molecule has 0 heterocycles. The van der Waals surface area contributed by atoms with E-state index >= 15 is 0 Å². The Hall–Kier alpha value is 0.0700. The summed E-state index contributed by atoms with van der Waals surface area (Å²) in [5.41, 5.74) is 0. The standard InChI is InChI=1S/C4H10O3S/c1-4(3-7-2)8(5)6/h4H,3H2,1-2H3,(H,5,6). The zero-order chi connectivity index (χ0) is 6.57. The van der Waals surface area contributed by atoms with Crippen LogP contribution in [0.5, 0.6) is 0 Å². The molecule has 0 aromatic heterocycles. The second-order valence-corrected chi connectivity index (χ2v) is 2.90. The van der Waals surface area contributed by atoms with Gasteiger partial charge in [0.1, 0.15) is 0 Å². The van der Waals surface area contributed by atoms with Gasteiger partial charge in [-0.3, -0.25) is 0 Å². The largest absolute Gasteiger partial charge is 0.383 e. The summed E-state index contributed by atoms with van der Waals surface area (Å²) in [7, 11) is 1.50. The van der Waals surface area contributed by atoms with E-state index < -0.39 is 11.1 Å². The van der Waals surface area contributed by atoms with Gasteiger partial charge in [0.2, 0.25) is 0 Å². The molecular formula is C4H10O3S. The highest BCUT2D eigenvalue weighted by Gasteiger charge is 2.05. The molecule has 3 nitrogen and oxygen atoms in total. The highest BCUT2D eigenvalue weighted by atomic mass is 32.2. The molecule has 0 bridgehead atoms. The Morgan fingerprint density at radius 2 is 2.38 bits per heavy atom. The van der Waals surface area contributed by atoms with Gasteiger partial charge >= 0.3 is 0 Å². The van der Waals surface area contributed by atoms with Crippen molar-refractivity contribution in [3.8, 4) is 0 Å². The Labute approximate surface area is 51.3 Å². The number of ether oxygens (including phenoxy) is 1. The predicted octanol–water partition coefficient (Wildman–Crippen LogP) is 0.243. The number of rotatable bonds is 3. The highest BCUT2D eigenvalue weighted by molar-refractivity contribution is 7.79. The van der Waals surface area contributed by atoms with Crippen LogP contribution in [-0.2, 0) is 15.8 Å². The van der Waals surface area contributed by atoms with E-state index in [4.69, 9.17) is 4.55 Å². The van der Waals surface area contributed by atoms with Gasteiger partial charge in [0, 0.05) is 7.11 Å². The summed E-state index contributed by atoms with van der Waals surface area (Å²) in [4.78, 5) is 0. The molecule has 0 saturated heterocycles. The summed E-state index contributed by atoms with van der Waals surface area (Å²) in [6.45, 7) is 1.99. The molecule has 0 amide bonds. The molecule has 1 N–H and O–H groups in total. The Kier molecular flexibility index (Phi) is 4.03. The van der Waals surface area contributed by atoms with Crippen LogP contribution in [0, 0.1) is 0 Å². The third kappa shape index (κ3) is 3.12. The lowest BCUT2D eigenvalue weighted by Crippen LogP contribution is -2.15. The van der Waals surface area contributed by atoms with Crippen LogP contribution in [0.4, 0.5) is 0 Å². The third-order valence-corrected chi connectivity index (χ3v) is 1.57. The topological polar surface area (TPSA) is 46.5 Å². The van der Waals surface area contributed by atoms with E-state index in [9.17, 15) is 4.21 Å². The van der Waals surface area contributed by atoms with Crippen molar-refractivity contribution in [2.24, 2.45) is 0 Å². The van der Waals surface area contributed by atoms with Gasteiger partial charge in [0.05, 0.1) is 11.9 Å². The second kappa shape index (κ2) is 4.00. The summed E-state index contributed by atoms with van der Waals surface area (Å²) in [6.07, 6.45) is 0. The Morgan fingerprint density at radius 3 is 2.50 bits per heavy atom. The predicted molar refractivity (Wildman–Crippen MR) is 32.1 cm³/mol. The lowest BCUT2D eigenvalue weighted by Gasteiger charge is -2.02. The average molecular weight is 138 g/mol. The molecule has 2 atom stereocenters. The molecule has 0 fully saturated rings. The molecular weight excluding hydrogens is 128 g/mol. The fourth-order valence-electron chi connectivity index (χ4n) is 0.293. The Morgan fingerprint density at radius 1 is 1.88 bits per heavy atom. The first-order valence-corrected chi connectivity index (χ1v) is 3.44. The third-order valence-electron chi connectivity index (χ3n) is 0.746. The summed E-state index contributed by atoms with van der Waals surface area (Å²) in [5.74, 6) is 0. The SMILES string of the molecule is COCC(C)S(=O)O. The molecule has 0 aliphatic rings. The van der Waals surface area contributed by atoms with Crippen LogP contribution < -0.4 is 0 Å². The Bertz CT molecular complexity index is 83.4. The highest BCUT2D eigenvalue weighted by Crippen LogP contribution is 1.90. The van der Waals surface area contributed by atoms with Gasteiger partial charge in [-0.05, 0) is 6.92 Å².